The van der Waals surface area contributed by atoms with Crippen LogP contribution in [0.2, 0.25) is 0 Å². The molecule has 2 aromatic rings. The zero-order valence-electron chi connectivity index (χ0n) is 14.1. The van der Waals surface area contributed by atoms with E-state index < -0.39 is 12.6 Å². The normalized spacial score (nSPS) is 16.4. The SMILES string of the molecule is Cc1nc(-c2ccc(N3CCC(NCCC(F)(F)F)CC3)cc2)cs1. The molecule has 0 unspecified atom stereocenters. The van der Waals surface area contributed by atoms with Crippen molar-refractivity contribution in [2.75, 3.05) is 24.5 Å². The van der Waals surface area contributed by atoms with Crippen molar-refractivity contribution in [3.8, 4) is 11.3 Å². The Kier molecular flexibility index (Phi) is 5.64. The van der Waals surface area contributed by atoms with Gasteiger partial charge in [0.25, 0.3) is 0 Å². The summed E-state index contributed by atoms with van der Waals surface area (Å²) in [6.45, 7) is 3.73. The molecule has 1 aromatic carbocycles. The molecular formula is C18H22F3N3S. The number of piperidine rings is 1. The number of rotatable bonds is 5. The van der Waals surface area contributed by atoms with Crippen molar-refractivity contribution < 1.29 is 13.2 Å². The molecule has 0 bridgehead atoms. The molecule has 7 heteroatoms. The van der Waals surface area contributed by atoms with E-state index in [0.29, 0.717) is 0 Å². The van der Waals surface area contributed by atoms with E-state index in [4.69, 9.17) is 0 Å². The summed E-state index contributed by atoms with van der Waals surface area (Å²) in [4.78, 5) is 6.79. The molecule has 3 nitrogen and oxygen atoms in total. The first kappa shape index (κ1) is 18.2. The summed E-state index contributed by atoms with van der Waals surface area (Å²) >= 11 is 1.64. The van der Waals surface area contributed by atoms with Crippen LogP contribution in [0, 0.1) is 6.92 Å². The monoisotopic (exact) mass is 369 g/mol. The number of anilines is 1. The van der Waals surface area contributed by atoms with Crippen LogP contribution in [0.1, 0.15) is 24.3 Å². The highest BCUT2D eigenvalue weighted by molar-refractivity contribution is 7.09. The van der Waals surface area contributed by atoms with E-state index in [9.17, 15) is 13.2 Å². The van der Waals surface area contributed by atoms with Gasteiger partial charge in [0.15, 0.2) is 0 Å². The van der Waals surface area contributed by atoms with Crippen LogP contribution < -0.4 is 10.2 Å². The molecule has 1 saturated heterocycles. The van der Waals surface area contributed by atoms with Gasteiger partial charge in [-0.05, 0) is 31.9 Å². The van der Waals surface area contributed by atoms with Crippen LogP contribution in [0.3, 0.4) is 0 Å². The lowest BCUT2D eigenvalue weighted by atomic mass is 10.0. The Morgan fingerprint density at radius 1 is 1.20 bits per heavy atom. The second kappa shape index (κ2) is 7.74. The molecule has 0 amide bonds. The van der Waals surface area contributed by atoms with Gasteiger partial charge in [-0.15, -0.1) is 11.3 Å². The summed E-state index contributed by atoms with van der Waals surface area (Å²) in [6, 6.07) is 8.54. The number of benzene rings is 1. The van der Waals surface area contributed by atoms with Gasteiger partial charge in [-0.3, -0.25) is 0 Å². The number of hydrogen-bond acceptors (Lipinski definition) is 4. The van der Waals surface area contributed by atoms with E-state index in [1.807, 2.05) is 6.92 Å². The Balaban J connectivity index is 1.49. The summed E-state index contributed by atoms with van der Waals surface area (Å²) in [6.07, 6.45) is -3.11. The molecular weight excluding hydrogens is 347 g/mol. The summed E-state index contributed by atoms with van der Waals surface area (Å²) in [5, 5.41) is 6.14. The Morgan fingerprint density at radius 3 is 2.44 bits per heavy atom. The summed E-state index contributed by atoms with van der Waals surface area (Å²) < 4.78 is 36.6. The van der Waals surface area contributed by atoms with Gasteiger partial charge in [-0.2, -0.15) is 13.2 Å². The van der Waals surface area contributed by atoms with Gasteiger partial charge in [-0.25, -0.2) is 4.98 Å². The molecule has 1 aliphatic heterocycles. The Bertz CT molecular complexity index is 674. The standard InChI is InChI=1S/C18H22F3N3S/c1-13-23-17(12-25-13)14-2-4-16(5-3-14)24-10-6-15(7-11-24)22-9-8-18(19,20)21/h2-5,12,15,22H,6-11H2,1H3. The third kappa shape index (κ3) is 5.19. The van der Waals surface area contributed by atoms with E-state index in [1.54, 1.807) is 11.3 Å². The van der Waals surface area contributed by atoms with Crippen molar-refractivity contribution in [2.45, 2.75) is 38.4 Å². The number of alkyl halides is 3. The smallest absolute Gasteiger partial charge is 0.371 e. The zero-order chi connectivity index (χ0) is 17.9. The average molecular weight is 369 g/mol. The van der Waals surface area contributed by atoms with Crippen LogP contribution in [0.25, 0.3) is 11.3 Å². The predicted molar refractivity (Wildman–Crippen MR) is 96.2 cm³/mol. The van der Waals surface area contributed by atoms with Crippen LogP contribution in [-0.2, 0) is 0 Å². The largest absolute Gasteiger partial charge is 0.390 e. The van der Waals surface area contributed by atoms with Crippen LogP contribution in [0.5, 0.6) is 0 Å². The van der Waals surface area contributed by atoms with Crippen molar-refractivity contribution in [3.05, 3.63) is 34.7 Å². The van der Waals surface area contributed by atoms with Crippen molar-refractivity contribution >= 4 is 17.0 Å². The van der Waals surface area contributed by atoms with Crippen LogP contribution >= 0.6 is 11.3 Å². The van der Waals surface area contributed by atoms with Gasteiger partial charge < -0.3 is 10.2 Å². The minimum atomic E-state index is -4.08. The molecule has 3 rings (SSSR count). The quantitative estimate of drug-likeness (QED) is 0.833. The minimum absolute atomic E-state index is 0.00984. The lowest BCUT2D eigenvalue weighted by molar-refractivity contribution is -0.133. The first-order valence-corrected chi connectivity index (χ1v) is 9.36. The van der Waals surface area contributed by atoms with Gasteiger partial charge in [0.2, 0.25) is 0 Å². The van der Waals surface area contributed by atoms with Gasteiger partial charge in [-0.1, -0.05) is 12.1 Å². The second-order valence-corrected chi connectivity index (χ2v) is 7.44. The number of aromatic nitrogens is 1. The Morgan fingerprint density at radius 2 is 1.88 bits per heavy atom. The highest BCUT2D eigenvalue weighted by Crippen LogP contribution is 2.26. The number of nitrogens with one attached hydrogen (secondary N) is 1. The molecule has 0 aliphatic carbocycles. The number of aryl methyl sites for hydroxylation is 1. The number of nitrogens with zero attached hydrogens (tertiary/aromatic N) is 2. The zero-order valence-corrected chi connectivity index (χ0v) is 15.0. The fraction of sp³-hybridized carbons (Fsp3) is 0.500. The molecule has 1 aliphatic rings. The lowest BCUT2D eigenvalue weighted by Crippen LogP contribution is -2.43. The molecule has 0 radical (unpaired) electrons. The molecule has 1 N–H and O–H groups in total. The molecule has 136 valence electrons. The fourth-order valence-electron chi connectivity index (χ4n) is 3.10. The molecule has 1 fully saturated rings. The fourth-order valence-corrected chi connectivity index (χ4v) is 3.72. The third-order valence-corrected chi connectivity index (χ3v) is 5.26. The predicted octanol–water partition coefficient (Wildman–Crippen LogP) is 4.63. The van der Waals surface area contributed by atoms with Crippen LogP contribution in [0.15, 0.2) is 29.6 Å². The van der Waals surface area contributed by atoms with Gasteiger partial charge >= 0.3 is 6.18 Å². The number of halogens is 3. The van der Waals surface area contributed by atoms with Crippen LogP contribution in [-0.4, -0.2) is 36.8 Å². The van der Waals surface area contributed by atoms with E-state index in [2.05, 4.69) is 44.8 Å². The Labute approximate surface area is 149 Å². The van der Waals surface area contributed by atoms with Crippen molar-refractivity contribution in [2.24, 2.45) is 0 Å². The maximum atomic E-state index is 12.2. The van der Waals surface area contributed by atoms with Gasteiger partial charge in [0.1, 0.15) is 0 Å². The molecule has 0 saturated carbocycles. The maximum Gasteiger partial charge on any atom is 0.390 e. The third-order valence-electron chi connectivity index (χ3n) is 4.48. The topological polar surface area (TPSA) is 28.2 Å². The van der Waals surface area contributed by atoms with E-state index in [0.717, 1.165) is 47.9 Å². The summed E-state index contributed by atoms with van der Waals surface area (Å²) in [7, 11) is 0. The molecule has 1 aromatic heterocycles. The number of hydrogen-bond donors (Lipinski definition) is 1. The summed E-state index contributed by atoms with van der Waals surface area (Å²) in [5.41, 5.74) is 3.27. The van der Waals surface area contributed by atoms with E-state index >= 15 is 0 Å². The van der Waals surface area contributed by atoms with Gasteiger partial charge in [0.05, 0.1) is 17.1 Å². The highest BCUT2D eigenvalue weighted by Gasteiger charge is 2.27. The second-order valence-electron chi connectivity index (χ2n) is 6.38. The average Bonchev–Trinajstić information content (AvgIpc) is 3.01. The molecule has 25 heavy (non-hydrogen) atoms. The molecule has 0 atom stereocenters. The summed E-state index contributed by atoms with van der Waals surface area (Å²) in [5.74, 6) is 0. The molecule has 2 heterocycles. The first-order chi connectivity index (χ1) is 11.9. The minimum Gasteiger partial charge on any atom is -0.371 e. The van der Waals surface area contributed by atoms with E-state index in [1.165, 1.54) is 0 Å². The van der Waals surface area contributed by atoms with Crippen molar-refractivity contribution in [1.29, 1.82) is 0 Å². The Hall–Kier alpha value is -1.60. The lowest BCUT2D eigenvalue weighted by Gasteiger charge is -2.34. The van der Waals surface area contributed by atoms with Gasteiger partial charge in [0, 0.05) is 42.3 Å². The van der Waals surface area contributed by atoms with Crippen molar-refractivity contribution in [3.63, 3.8) is 0 Å². The maximum absolute atomic E-state index is 12.2. The van der Waals surface area contributed by atoms with Crippen LogP contribution in [0.4, 0.5) is 18.9 Å². The number of thiazole rings is 1. The first-order valence-electron chi connectivity index (χ1n) is 8.48. The van der Waals surface area contributed by atoms with E-state index in [-0.39, 0.29) is 12.6 Å². The van der Waals surface area contributed by atoms with Crippen molar-refractivity contribution in [1.82, 2.24) is 10.3 Å². The molecule has 0 spiro atoms. The highest BCUT2D eigenvalue weighted by atomic mass is 32.1.